The Kier molecular flexibility index (Phi) is 4.18. The van der Waals surface area contributed by atoms with Crippen molar-refractivity contribution in [2.24, 2.45) is 5.92 Å². The molecule has 2 rings (SSSR count). The molecule has 1 saturated heterocycles. The van der Waals surface area contributed by atoms with Gasteiger partial charge in [0.2, 0.25) is 5.91 Å². The SMILES string of the molecule is O=C(N[C@@H]1CCCC[C@H]1O)[C@H]1CCCNC1. The van der Waals surface area contributed by atoms with Crippen molar-refractivity contribution < 1.29 is 9.90 Å². The first kappa shape index (κ1) is 11.9. The number of aliphatic hydroxyl groups is 1. The van der Waals surface area contributed by atoms with Crippen molar-refractivity contribution in [1.82, 2.24) is 10.6 Å². The van der Waals surface area contributed by atoms with Gasteiger partial charge in [-0.2, -0.15) is 0 Å². The van der Waals surface area contributed by atoms with E-state index in [2.05, 4.69) is 10.6 Å². The molecule has 0 unspecified atom stereocenters. The summed E-state index contributed by atoms with van der Waals surface area (Å²) in [7, 11) is 0. The van der Waals surface area contributed by atoms with Gasteiger partial charge in [-0.3, -0.25) is 4.79 Å². The van der Waals surface area contributed by atoms with Crippen LogP contribution >= 0.6 is 0 Å². The summed E-state index contributed by atoms with van der Waals surface area (Å²) in [6.45, 7) is 1.81. The summed E-state index contributed by atoms with van der Waals surface area (Å²) in [5.41, 5.74) is 0. The number of carbonyl (C=O) groups excluding carboxylic acids is 1. The van der Waals surface area contributed by atoms with Crippen LogP contribution in [0.15, 0.2) is 0 Å². The zero-order valence-corrected chi connectivity index (χ0v) is 9.74. The van der Waals surface area contributed by atoms with Gasteiger partial charge in [-0.1, -0.05) is 12.8 Å². The highest BCUT2D eigenvalue weighted by molar-refractivity contribution is 5.79. The lowest BCUT2D eigenvalue weighted by Gasteiger charge is -2.31. The maximum atomic E-state index is 11.9. The highest BCUT2D eigenvalue weighted by atomic mass is 16.3. The van der Waals surface area contributed by atoms with Crippen LogP contribution in [0.4, 0.5) is 0 Å². The van der Waals surface area contributed by atoms with Gasteiger partial charge in [0.1, 0.15) is 0 Å². The summed E-state index contributed by atoms with van der Waals surface area (Å²) in [5, 5.41) is 16.0. The number of hydrogen-bond donors (Lipinski definition) is 3. The van der Waals surface area contributed by atoms with Crippen LogP contribution in [0.3, 0.4) is 0 Å². The van der Waals surface area contributed by atoms with E-state index >= 15 is 0 Å². The molecule has 92 valence electrons. The van der Waals surface area contributed by atoms with Gasteiger partial charge in [0.05, 0.1) is 18.1 Å². The van der Waals surface area contributed by atoms with Crippen molar-refractivity contribution in [3.8, 4) is 0 Å². The van der Waals surface area contributed by atoms with Crippen LogP contribution in [0.2, 0.25) is 0 Å². The molecule has 0 spiro atoms. The Balaban J connectivity index is 1.80. The highest BCUT2D eigenvalue weighted by Gasteiger charge is 2.28. The van der Waals surface area contributed by atoms with Gasteiger partial charge in [-0.15, -0.1) is 0 Å². The van der Waals surface area contributed by atoms with Crippen molar-refractivity contribution >= 4 is 5.91 Å². The molecule has 1 heterocycles. The Labute approximate surface area is 96.8 Å². The molecule has 1 aliphatic carbocycles. The molecule has 0 aromatic heterocycles. The normalized spacial score (nSPS) is 35.7. The first-order valence-electron chi connectivity index (χ1n) is 6.46. The average Bonchev–Trinajstić information content (AvgIpc) is 2.33. The lowest BCUT2D eigenvalue weighted by molar-refractivity contribution is -0.127. The largest absolute Gasteiger partial charge is 0.391 e. The lowest BCUT2D eigenvalue weighted by Crippen LogP contribution is -2.49. The van der Waals surface area contributed by atoms with Gasteiger partial charge >= 0.3 is 0 Å². The summed E-state index contributed by atoms with van der Waals surface area (Å²) < 4.78 is 0. The smallest absolute Gasteiger partial charge is 0.224 e. The lowest BCUT2D eigenvalue weighted by atomic mass is 9.91. The minimum absolute atomic E-state index is 0.0109. The van der Waals surface area contributed by atoms with Gasteiger partial charge in [0, 0.05) is 6.54 Å². The molecular weight excluding hydrogens is 204 g/mol. The highest BCUT2D eigenvalue weighted by Crippen LogP contribution is 2.19. The van der Waals surface area contributed by atoms with Crippen molar-refractivity contribution in [2.45, 2.75) is 50.7 Å². The quantitative estimate of drug-likeness (QED) is 0.639. The van der Waals surface area contributed by atoms with Gasteiger partial charge < -0.3 is 15.7 Å². The molecule has 4 heteroatoms. The molecule has 3 atom stereocenters. The monoisotopic (exact) mass is 226 g/mol. The van der Waals surface area contributed by atoms with E-state index in [9.17, 15) is 9.90 Å². The fourth-order valence-corrected chi connectivity index (χ4v) is 2.66. The molecule has 4 nitrogen and oxygen atoms in total. The molecule has 0 aromatic carbocycles. The minimum atomic E-state index is -0.339. The molecule has 2 fully saturated rings. The van der Waals surface area contributed by atoms with E-state index in [-0.39, 0.29) is 24.0 Å². The molecule has 2 aliphatic rings. The summed E-state index contributed by atoms with van der Waals surface area (Å²) >= 11 is 0. The van der Waals surface area contributed by atoms with E-state index in [1.807, 2.05) is 0 Å². The first-order chi connectivity index (χ1) is 7.77. The standard InChI is InChI=1S/C12H22N2O2/c15-11-6-2-1-5-10(11)14-12(16)9-4-3-7-13-8-9/h9-11,13,15H,1-8H2,(H,14,16)/t9-,10+,11+/m0/s1. The third kappa shape index (κ3) is 2.95. The average molecular weight is 226 g/mol. The topological polar surface area (TPSA) is 61.4 Å². The predicted molar refractivity (Wildman–Crippen MR) is 62.0 cm³/mol. The van der Waals surface area contributed by atoms with Crippen LogP contribution in [-0.4, -0.2) is 36.2 Å². The third-order valence-electron chi connectivity index (χ3n) is 3.72. The zero-order valence-electron chi connectivity index (χ0n) is 9.74. The Morgan fingerprint density at radius 1 is 1.19 bits per heavy atom. The maximum absolute atomic E-state index is 11.9. The Bertz CT molecular complexity index is 239. The summed E-state index contributed by atoms with van der Waals surface area (Å²) in [6, 6.07) is -0.0109. The first-order valence-corrected chi connectivity index (χ1v) is 6.46. The van der Waals surface area contributed by atoms with Crippen LogP contribution < -0.4 is 10.6 Å². The molecule has 1 amide bonds. The van der Waals surface area contributed by atoms with Gasteiger partial charge in [0.15, 0.2) is 0 Å². The van der Waals surface area contributed by atoms with E-state index in [0.717, 1.165) is 51.6 Å². The van der Waals surface area contributed by atoms with E-state index in [4.69, 9.17) is 0 Å². The van der Waals surface area contributed by atoms with Gasteiger partial charge in [-0.05, 0) is 32.2 Å². The molecule has 3 N–H and O–H groups in total. The fourth-order valence-electron chi connectivity index (χ4n) is 2.66. The van der Waals surface area contributed by atoms with E-state index in [1.165, 1.54) is 0 Å². The second-order valence-electron chi connectivity index (χ2n) is 5.01. The van der Waals surface area contributed by atoms with E-state index < -0.39 is 0 Å². The van der Waals surface area contributed by atoms with Crippen LogP contribution in [-0.2, 0) is 4.79 Å². The number of hydrogen-bond acceptors (Lipinski definition) is 3. The Morgan fingerprint density at radius 3 is 2.69 bits per heavy atom. The van der Waals surface area contributed by atoms with Crippen LogP contribution in [0.5, 0.6) is 0 Å². The second-order valence-corrected chi connectivity index (χ2v) is 5.01. The molecule has 16 heavy (non-hydrogen) atoms. The fraction of sp³-hybridized carbons (Fsp3) is 0.917. The number of amides is 1. The predicted octanol–water partition coefficient (Wildman–Crippen LogP) is 0.406. The summed E-state index contributed by atoms with van der Waals surface area (Å²) in [4.78, 5) is 11.9. The molecule has 1 aliphatic heterocycles. The molecule has 0 radical (unpaired) electrons. The zero-order chi connectivity index (χ0) is 11.4. The number of rotatable bonds is 2. The molecular formula is C12H22N2O2. The number of nitrogens with one attached hydrogen (secondary N) is 2. The van der Waals surface area contributed by atoms with Crippen LogP contribution in [0.25, 0.3) is 0 Å². The number of carbonyl (C=O) groups is 1. The van der Waals surface area contributed by atoms with E-state index in [1.54, 1.807) is 0 Å². The molecule has 0 aromatic rings. The number of piperidine rings is 1. The second kappa shape index (κ2) is 5.64. The van der Waals surface area contributed by atoms with Crippen LogP contribution in [0.1, 0.15) is 38.5 Å². The maximum Gasteiger partial charge on any atom is 0.224 e. The van der Waals surface area contributed by atoms with Crippen molar-refractivity contribution in [3.63, 3.8) is 0 Å². The Morgan fingerprint density at radius 2 is 2.00 bits per heavy atom. The third-order valence-corrected chi connectivity index (χ3v) is 3.72. The van der Waals surface area contributed by atoms with Crippen LogP contribution in [0, 0.1) is 5.92 Å². The van der Waals surface area contributed by atoms with Crippen molar-refractivity contribution in [3.05, 3.63) is 0 Å². The van der Waals surface area contributed by atoms with E-state index in [0.29, 0.717) is 0 Å². The molecule has 1 saturated carbocycles. The Hall–Kier alpha value is -0.610. The number of aliphatic hydroxyl groups excluding tert-OH is 1. The summed E-state index contributed by atoms with van der Waals surface area (Å²) in [5.74, 6) is 0.223. The van der Waals surface area contributed by atoms with Gasteiger partial charge in [0.25, 0.3) is 0 Å². The molecule has 0 bridgehead atoms. The van der Waals surface area contributed by atoms with Crippen molar-refractivity contribution in [1.29, 1.82) is 0 Å². The summed E-state index contributed by atoms with van der Waals surface area (Å²) in [6.07, 6.45) is 5.66. The van der Waals surface area contributed by atoms with Crippen molar-refractivity contribution in [2.75, 3.05) is 13.1 Å². The minimum Gasteiger partial charge on any atom is -0.391 e. The van der Waals surface area contributed by atoms with Gasteiger partial charge in [-0.25, -0.2) is 0 Å².